The number of fused-ring (bicyclic) bond motifs is 3. The van der Waals surface area contributed by atoms with Crippen LogP contribution in [-0.2, 0) is 6.42 Å². The number of likely N-dealkylation sites (N-methyl/N-ethyl adjacent to an activating group) is 1. The van der Waals surface area contributed by atoms with Crippen LogP contribution in [0.3, 0.4) is 0 Å². The summed E-state index contributed by atoms with van der Waals surface area (Å²) < 4.78 is 11.1. The van der Waals surface area contributed by atoms with Crippen molar-refractivity contribution < 1.29 is 9.47 Å². The summed E-state index contributed by atoms with van der Waals surface area (Å²) in [6.45, 7) is 2.53. The number of hydrogen-bond acceptors (Lipinski definition) is 3. The monoisotopic (exact) mass is 341 g/mol. The Labute approximate surface area is 148 Å². The molecule has 1 fully saturated rings. The number of benzene rings is 2. The van der Waals surface area contributed by atoms with Crippen LogP contribution < -0.4 is 9.47 Å². The van der Waals surface area contributed by atoms with Gasteiger partial charge in [-0.25, -0.2) is 0 Å². The van der Waals surface area contributed by atoms with Gasteiger partial charge in [-0.1, -0.05) is 30.3 Å². The van der Waals surface area contributed by atoms with Gasteiger partial charge in [-0.3, -0.25) is 0 Å². The fourth-order valence-corrected chi connectivity index (χ4v) is 4.22. The minimum Gasteiger partial charge on any atom is -0.454 e. The lowest BCUT2D eigenvalue weighted by atomic mass is 9.78. The molecule has 0 bridgehead atoms. The topological polar surface area (TPSA) is 21.7 Å². The Bertz CT molecular complexity index is 830. The maximum atomic E-state index is 5.60. The lowest BCUT2D eigenvalue weighted by molar-refractivity contribution is 0.174. The molecule has 0 amide bonds. The largest absolute Gasteiger partial charge is 0.454 e. The van der Waals surface area contributed by atoms with Crippen molar-refractivity contribution in [1.29, 1.82) is 0 Å². The zero-order valence-corrected chi connectivity index (χ0v) is 14.4. The molecule has 0 aromatic heterocycles. The third-order valence-electron chi connectivity index (χ3n) is 5.20. The van der Waals surface area contributed by atoms with E-state index in [2.05, 4.69) is 48.3 Å². The Kier molecular flexibility index (Phi) is 3.78. The molecule has 0 N–H and O–H groups in total. The van der Waals surface area contributed by atoms with Gasteiger partial charge in [0.2, 0.25) is 6.79 Å². The smallest absolute Gasteiger partial charge is 0.231 e. The van der Waals surface area contributed by atoms with Crippen molar-refractivity contribution in [2.24, 2.45) is 5.92 Å². The Balaban J connectivity index is 0.00000146. The van der Waals surface area contributed by atoms with Gasteiger partial charge < -0.3 is 14.4 Å². The van der Waals surface area contributed by atoms with Gasteiger partial charge in [0.1, 0.15) is 0 Å². The van der Waals surface area contributed by atoms with Crippen LogP contribution in [0.1, 0.15) is 16.7 Å². The Morgan fingerprint density at radius 1 is 1.04 bits per heavy atom. The highest BCUT2D eigenvalue weighted by molar-refractivity contribution is 5.86. The van der Waals surface area contributed by atoms with Crippen molar-refractivity contribution in [2.45, 2.75) is 6.42 Å². The second-order valence-electron chi connectivity index (χ2n) is 6.72. The van der Waals surface area contributed by atoms with Crippen molar-refractivity contribution in [3.63, 3.8) is 0 Å². The summed E-state index contributed by atoms with van der Waals surface area (Å²) in [6.07, 6.45) is 1.16. The molecule has 1 saturated heterocycles. The van der Waals surface area contributed by atoms with E-state index in [0.717, 1.165) is 31.0 Å². The summed E-state index contributed by atoms with van der Waals surface area (Å²) in [4.78, 5) is 2.43. The van der Waals surface area contributed by atoms with Crippen molar-refractivity contribution in [2.75, 3.05) is 26.9 Å². The fourth-order valence-electron chi connectivity index (χ4n) is 4.22. The zero-order valence-electron chi connectivity index (χ0n) is 13.6. The maximum Gasteiger partial charge on any atom is 0.231 e. The Morgan fingerprint density at radius 3 is 2.79 bits per heavy atom. The van der Waals surface area contributed by atoms with E-state index in [1.54, 1.807) is 5.57 Å². The fraction of sp³-hybridized carbons (Fsp3) is 0.300. The van der Waals surface area contributed by atoms with Crippen molar-refractivity contribution >= 4 is 18.0 Å². The summed E-state index contributed by atoms with van der Waals surface area (Å²) in [7, 11) is 2.22. The standard InChI is InChI=1S/C20H19NO2.ClH/c1-21-10-15-8-13-4-2-3-5-16(13)20(17(15)11-21)14-6-7-18-19(9-14)23-12-22-18;/h2-7,9,15H,8,10-12H2,1H3;1H. The molecule has 3 nitrogen and oxygen atoms in total. The molecule has 1 aliphatic carbocycles. The van der Waals surface area contributed by atoms with Crippen LogP contribution in [0, 0.1) is 5.92 Å². The van der Waals surface area contributed by atoms with Gasteiger partial charge in [0.25, 0.3) is 0 Å². The number of nitrogens with zero attached hydrogens (tertiary/aromatic N) is 1. The lowest BCUT2D eigenvalue weighted by Crippen LogP contribution is -2.17. The van der Waals surface area contributed by atoms with E-state index in [-0.39, 0.29) is 12.4 Å². The van der Waals surface area contributed by atoms with E-state index < -0.39 is 0 Å². The first kappa shape index (κ1) is 15.6. The van der Waals surface area contributed by atoms with Gasteiger partial charge in [0.05, 0.1) is 0 Å². The van der Waals surface area contributed by atoms with Gasteiger partial charge in [-0.15, -0.1) is 12.4 Å². The normalized spacial score (nSPS) is 21.3. The molecule has 24 heavy (non-hydrogen) atoms. The van der Waals surface area contributed by atoms with Gasteiger partial charge in [-0.2, -0.15) is 0 Å². The molecular weight excluding hydrogens is 322 g/mol. The first-order chi connectivity index (χ1) is 11.3. The van der Waals surface area contributed by atoms with Gasteiger partial charge in [-0.05, 0) is 59.4 Å². The van der Waals surface area contributed by atoms with E-state index in [0.29, 0.717) is 12.7 Å². The molecule has 4 heteroatoms. The SMILES string of the molecule is CN1CC2=C(c3ccc4c(c3)OCO4)c3ccccc3CC2C1.Cl. The molecular formula is C20H20ClNO2. The number of likely N-dealkylation sites (tertiary alicyclic amines) is 1. The highest BCUT2D eigenvalue weighted by Gasteiger charge is 2.33. The number of ether oxygens (including phenoxy) is 2. The minimum absolute atomic E-state index is 0. The molecule has 0 spiro atoms. The van der Waals surface area contributed by atoms with Gasteiger partial charge >= 0.3 is 0 Å². The Hall–Kier alpha value is -1.97. The number of rotatable bonds is 1. The molecule has 2 heterocycles. The third kappa shape index (κ3) is 2.31. The average molecular weight is 342 g/mol. The van der Waals surface area contributed by atoms with Crippen LogP contribution in [0.25, 0.3) is 5.57 Å². The molecule has 124 valence electrons. The van der Waals surface area contributed by atoms with E-state index in [9.17, 15) is 0 Å². The summed E-state index contributed by atoms with van der Waals surface area (Å²) in [5.41, 5.74) is 7.07. The van der Waals surface area contributed by atoms with Crippen LogP contribution in [0.15, 0.2) is 48.0 Å². The first-order valence-corrected chi connectivity index (χ1v) is 8.19. The van der Waals surface area contributed by atoms with Crippen LogP contribution in [0.5, 0.6) is 11.5 Å². The molecule has 3 aliphatic rings. The highest BCUT2D eigenvalue weighted by Crippen LogP contribution is 2.44. The molecule has 2 aliphatic heterocycles. The molecule has 1 unspecified atom stereocenters. The van der Waals surface area contributed by atoms with E-state index >= 15 is 0 Å². The summed E-state index contributed by atoms with van der Waals surface area (Å²) >= 11 is 0. The second kappa shape index (κ2) is 5.83. The molecule has 0 radical (unpaired) electrons. The number of hydrogen-bond donors (Lipinski definition) is 0. The molecule has 1 atom stereocenters. The van der Waals surface area contributed by atoms with Crippen LogP contribution >= 0.6 is 12.4 Å². The van der Waals surface area contributed by atoms with Crippen molar-refractivity contribution in [3.05, 3.63) is 64.7 Å². The average Bonchev–Trinajstić information content (AvgIpc) is 3.16. The van der Waals surface area contributed by atoms with Crippen LogP contribution in [0.2, 0.25) is 0 Å². The molecule has 5 rings (SSSR count). The van der Waals surface area contributed by atoms with Gasteiger partial charge in [0, 0.05) is 13.1 Å². The van der Waals surface area contributed by atoms with Crippen LogP contribution in [-0.4, -0.2) is 31.8 Å². The molecule has 0 saturated carbocycles. The predicted octanol–water partition coefficient (Wildman–Crippen LogP) is 3.76. The quantitative estimate of drug-likeness (QED) is 0.788. The highest BCUT2D eigenvalue weighted by atomic mass is 35.5. The summed E-state index contributed by atoms with van der Waals surface area (Å²) in [5.74, 6) is 2.35. The first-order valence-electron chi connectivity index (χ1n) is 8.19. The summed E-state index contributed by atoms with van der Waals surface area (Å²) in [6, 6.07) is 15.2. The molecule has 2 aromatic rings. The molecule has 2 aromatic carbocycles. The van der Waals surface area contributed by atoms with Crippen LogP contribution in [0.4, 0.5) is 0 Å². The third-order valence-corrected chi connectivity index (χ3v) is 5.20. The zero-order chi connectivity index (χ0) is 15.4. The number of halogens is 1. The van der Waals surface area contributed by atoms with Crippen molar-refractivity contribution in [1.82, 2.24) is 4.90 Å². The van der Waals surface area contributed by atoms with E-state index in [4.69, 9.17) is 9.47 Å². The van der Waals surface area contributed by atoms with Gasteiger partial charge in [0.15, 0.2) is 11.5 Å². The minimum atomic E-state index is 0. The summed E-state index contributed by atoms with van der Waals surface area (Å²) in [5, 5.41) is 0. The second-order valence-corrected chi connectivity index (χ2v) is 6.72. The maximum absolute atomic E-state index is 5.60. The van der Waals surface area contributed by atoms with Crippen molar-refractivity contribution in [3.8, 4) is 11.5 Å². The van der Waals surface area contributed by atoms with E-state index in [1.165, 1.54) is 22.3 Å². The lowest BCUT2D eigenvalue weighted by Gasteiger charge is -2.26. The van der Waals surface area contributed by atoms with E-state index in [1.807, 2.05) is 6.07 Å². The predicted molar refractivity (Wildman–Crippen MR) is 97.0 cm³/mol. The Morgan fingerprint density at radius 2 is 1.88 bits per heavy atom.